The molecule has 0 saturated carbocycles. The summed E-state index contributed by atoms with van der Waals surface area (Å²) in [4.78, 5) is 33.1. The Morgan fingerprint density at radius 1 is 0.767 bits per heavy atom. The smallest absolute Gasteiger partial charge is 0.341 e. The fraction of sp³-hybridized carbons (Fsp3) is 0.182. The van der Waals surface area contributed by atoms with Crippen LogP contribution in [0.5, 0.6) is 0 Å². The Morgan fingerprint density at radius 3 is 1.67 bits per heavy atom. The lowest BCUT2D eigenvalue weighted by molar-refractivity contribution is 0.0466. The molecule has 0 amide bonds. The van der Waals surface area contributed by atoms with Crippen LogP contribution in [-0.4, -0.2) is 34.4 Å². The number of thioether (sulfide) groups is 2. The van der Waals surface area contributed by atoms with Gasteiger partial charge in [-0.2, -0.15) is 0 Å². The van der Waals surface area contributed by atoms with E-state index in [2.05, 4.69) is 9.97 Å². The molecule has 0 spiro atoms. The standard InChI is InChI=1S/C22H20N2O4S2/c1-29-19-17(8-4-10-23-19)21(25)27-13-15-6-3-7-16(12-15)14-28-22(26)18-9-5-11-24-20(18)30-2/h3-12H,13-14H2,1-2H3. The average molecular weight is 441 g/mol. The molecule has 0 fully saturated rings. The van der Waals surface area contributed by atoms with Gasteiger partial charge in [-0.15, -0.1) is 23.5 Å². The molecule has 8 heteroatoms. The highest BCUT2D eigenvalue weighted by Crippen LogP contribution is 2.20. The van der Waals surface area contributed by atoms with E-state index in [1.54, 1.807) is 36.7 Å². The highest BCUT2D eigenvalue weighted by Gasteiger charge is 2.15. The van der Waals surface area contributed by atoms with Crippen molar-refractivity contribution in [2.24, 2.45) is 0 Å². The van der Waals surface area contributed by atoms with Gasteiger partial charge in [0, 0.05) is 12.4 Å². The number of nitrogens with zero attached hydrogens (tertiary/aromatic N) is 2. The third kappa shape index (κ3) is 5.61. The zero-order chi connectivity index (χ0) is 21.3. The third-order valence-corrected chi connectivity index (χ3v) is 5.52. The molecule has 2 aromatic heterocycles. The first-order valence-electron chi connectivity index (χ1n) is 9.02. The van der Waals surface area contributed by atoms with Gasteiger partial charge in [0.15, 0.2) is 0 Å². The number of aromatic nitrogens is 2. The molecule has 3 aromatic rings. The highest BCUT2D eigenvalue weighted by atomic mass is 32.2. The van der Waals surface area contributed by atoms with Crippen molar-refractivity contribution in [2.45, 2.75) is 23.3 Å². The second-order valence-corrected chi connectivity index (χ2v) is 7.68. The number of esters is 2. The number of ether oxygens (including phenoxy) is 2. The van der Waals surface area contributed by atoms with Crippen LogP contribution in [-0.2, 0) is 22.7 Å². The van der Waals surface area contributed by atoms with E-state index < -0.39 is 11.9 Å². The van der Waals surface area contributed by atoms with Crippen molar-refractivity contribution >= 4 is 35.5 Å². The normalized spacial score (nSPS) is 10.5. The number of pyridine rings is 2. The van der Waals surface area contributed by atoms with Crippen LogP contribution in [0.4, 0.5) is 0 Å². The summed E-state index contributed by atoms with van der Waals surface area (Å²) in [6.45, 7) is 0.227. The molecule has 6 nitrogen and oxygen atoms in total. The maximum Gasteiger partial charge on any atom is 0.341 e. The van der Waals surface area contributed by atoms with Crippen LogP contribution in [0.25, 0.3) is 0 Å². The molecular weight excluding hydrogens is 420 g/mol. The van der Waals surface area contributed by atoms with Gasteiger partial charge < -0.3 is 9.47 Å². The predicted molar refractivity (Wildman–Crippen MR) is 117 cm³/mol. The maximum absolute atomic E-state index is 12.4. The lowest BCUT2D eigenvalue weighted by atomic mass is 10.1. The lowest BCUT2D eigenvalue weighted by Crippen LogP contribution is -2.09. The minimum Gasteiger partial charge on any atom is -0.457 e. The fourth-order valence-corrected chi connectivity index (χ4v) is 3.76. The molecule has 0 radical (unpaired) electrons. The molecule has 1 aromatic carbocycles. The Labute approximate surface area is 183 Å². The Bertz CT molecular complexity index is 964. The molecule has 2 heterocycles. The van der Waals surface area contributed by atoms with E-state index in [1.807, 2.05) is 36.8 Å². The van der Waals surface area contributed by atoms with Crippen LogP contribution in [0.3, 0.4) is 0 Å². The molecule has 154 valence electrons. The molecule has 0 unspecified atom stereocenters. The van der Waals surface area contributed by atoms with E-state index >= 15 is 0 Å². The van der Waals surface area contributed by atoms with Gasteiger partial charge in [-0.05, 0) is 54.0 Å². The Hall–Kier alpha value is -2.84. The predicted octanol–water partition coefficient (Wildman–Crippen LogP) is 4.63. The molecule has 0 aliphatic heterocycles. The Morgan fingerprint density at radius 2 is 1.23 bits per heavy atom. The van der Waals surface area contributed by atoms with Crippen LogP contribution in [0.1, 0.15) is 31.8 Å². The molecule has 3 rings (SSSR count). The number of hydrogen-bond donors (Lipinski definition) is 0. The SMILES string of the molecule is CSc1ncccc1C(=O)OCc1cccc(COC(=O)c2cccnc2SC)c1. The molecule has 0 atom stereocenters. The van der Waals surface area contributed by atoms with Crippen molar-refractivity contribution in [1.29, 1.82) is 0 Å². The van der Waals surface area contributed by atoms with Crippen molar-refractivity contribution in [3.05, 3.63) is 83.2 Å². The molecule has 0 saturated heterocycles. The summed E-state index contributed by atoms with van der Waals surface area (Å²) < 4.78 is 10.9. The van der Waals surface area contributed by atoms with E-state index in [-0.39, 0.29) is 13.2 Å². The quantitative estimate of drug-likeness (QED) is 0.370. The molecule has 0 N–H and O–H groups in total. The first-order valence-corrected chi connectivity index (χ1v) is 11.5. The van der Waals surface area contributed by atoms with Crippen molar-refractivity contribution in [2.75, 3.05) is 12.5 Å². The zero-order valence-corrected chi connectivity index (χ0v) is 18.2. The summed E-state index contributed by atoms with van der Waals surface area (Å²) in [6, 6.07) is 14.2. The largest absolute Gasteiger partial charge is 0.457 e. The second kappa shape index (κ2) is 10.8. The summed E-state index contributed by atoms with van der Waals surface area (Å²) in [5.41, 5.74) is 2.49. The number of rotatable bonds is 8. The number of carbonyl (C=O) groups excluding carboxylic acids is 2. The van der Waals surface area contributed by atoms with Gasteiger partial charge in [-0.25, -0.2) is 19.6 Å². The molecule has 0 bridgehead atoms. The molecular formula is C22H20N2O4S2. The van der Waals surface area contributed by atoms with E-state index in [0.717, 1.165) is 11.1 Å². The summed E-state index contributed by atoms with van der Waals surface area (Å²) in [7, 11) is 0. The minimum atomic E-state index is -0.426. The van der Waals surface area contributed by atoms with Gasteiger partial charge >= 0.3 is 11.9 Å². The first kappa shape index (κ1) is 21.9. The number of carbonyl (C=O) groups is 2. The monoisotopic (exact) mass is 440 g/mol. The third-order valence-electron chi connectivity index (χ3n) is 4.10. The number of hydrogen-bond acceptors (Lipinski definition) is 8. The molecule has 0 aliphatic rings. The summed E-state index contributed by atoms with van der Waals surface area (Å²) in [5, 5.41) is 1.26. The Kier molecular flexibility index (Phi) is 7.87. The van der Waals surface area contributed by atoms with Crippen molar-refractivity contribution in [3.63, 3.8) is 0 Å². The average Bonchev–Trinajstić information content (AvgIpc) is 2.81. The van der Waals surface area contributed by atoms with E-state index in [0.29, 0.717) is 21.2 Å². The van der Waals surface area contributed by atoms with Crippen LogP contribution in [0, 0.1) is 0 Å². The topological polar surface area (TPSA) is 78.4 Å². The van der Waals surface area contributed by atoms with Gasteiger partial charge in [0.05, 0.1) is 11.1 Å². The second-order valence-electron chi connectivity index (χ2n) is 6.09. The maximum atomic E-state index is 12.4. The molecule has 30 heavy (non-hydrogen) atoms. The lowest BCUT2D eigenvalue weighted by Gasteiger charge is -2.10. The van der Waals surface area contributed by atoms with Crippen LogP contribution < -0.4 is 0 Å². The van der Waals surface area contributed by atoms with Gasteiger partial charge in [0.25, 0.3) is 0 Å². The van der Waals surface area contributed by atoms with Crippen molar-refractivity contribution < 1.29 is 19.1 Å². The van der Waals surface area contributed by atoms with Gasteiger partial charge in [0.1, 0.15) is 23.3 Å². The van der Waals surface area contributed by atoms with Gasteiger partial charge in [-0.3, -0.25) is 0 Å². The van der Waals surface area contributed by atoms with Crippen molar-refractivity contribution in [1.82, 2.24) is 9.97 Å². The van der Waals surface area contributed by atoms with Gasteiger partial charge in [0.2, 0.25) is 0 Å². The van der Waals surface area contributed by atoms with E-state index in [9.17, 15) is 9.59 Å². The zero-order valence-electron chi connectivity index (χ0n) is 16.5. The Balaban J connectivity index is 1.59. The van der Waals surface area contributed by atoms with E-state index in [1.165, 1.54) is 23.5 Å². The summed E-state index contributed by atoms with van der Waals surface area (Å²) >= 11 is 2.78. The van der Waals surface area contributed by atoms with Crippen LogP contribution in [0.2, 0.25) is 0 Å². The summed E-state index contributed by atoms with van der Waals surface area (Å²) in [5.74, 6) is -0.851. The van der Waals surface area contributed by atoms with Crippen LogP contribution >= 0.6 is 23.5 Å². The van der Waals surface area contributed by atoms with Crippen molar-refractivity contribution in [3.8, 4) is 0 Å². The van der Waals surface area contributed by atoms with Crippen LogP contribution in [0.15, 0.2) is 71.0 Å². The fourth-order valence-electron chi connectivity index (χ4n) is 2.68. The summed E-state index contributed by atoms with van der Waals surface area (Å²) in [6.07, 6.45) is 7.00. The molecule has 0 aliphatic carbocycles. The first-order chi connectivity index (χ1) is 14.6. The minimum absolute atomic E-state index is 0.114. The van der Waals surface area contributed by atoms with E-state index in [4.69, 9.17) is 9.47 Å². The number of benzene rings is 1. The van der Waals surface area contributed by atoms with Gasteiger partial charge in [-0.1, -0.05) is 18.2 Å². The highest BCUT2D eigenvalue weighted by molar-refractivity contribution is 7.98.